The molecule has 0 aromatic heterocycles. The lowest BCUT2D eigenvalue weighted by atomic mass is 9.84. The van der Waals surface area contributed by atoms with Gasteiger partial charge < -0.3 is 33.5 Å². The second kappa shape index (κ2) is 8.06. The summed E-state index contributed by atoms with van der Waals surface area (Å²) in [5, 5.41) is 12.8. The summed E-state index contributed by atoms with van der Waals surface area (Å²) < 4.78 is 36.5. The molecule has 4 fully saturated rings. The van der Waals surface area contributed by atoms with Gasteiger partial charge in [0.1, 0.15) is 0 Å². The van der Waals surface area contributed by atoms with Crippen molar-refractivity contribution in [3.8, 4) is 0 Å². The zero-order valence-electron chi connectivity index (χ0n) is 18.7. The van der Waals surface area contributed by atoms with E-state index in [1.54, 1.807) is 0 Å². The number of hydrogen-bond donors (Lipinski definition) is 0. The van der Waals surface area contributed by atoms with E-state index in [0.717, 1.165) is 12.0 Å². The van der Waals surface area contributed by atoms with Crippen LogP contribution in [0.2, 0.25) is 0 Å². The Labute approximate surface area is 183 Å². The van der Waals surface area contributed by atoms with E-state index in [-0.39, 0.29) is 36.8 Å². The highest BCUT2D eigenvalue weighted by Gasteiger charge is 2.57. The SMILES string of the molecule is CC1(C)OC[C@@H]([C@@H]2[C@@H](C[C@H]3OC(c4ccccc4)OC[C@@H]3[O-])C[C@H]3OC(C)(C)O[C@@H]23)O1. The monoisotopic (exact) mass is 433 g/mol. The maximum atomic E-state index is 12.8. The van der Waals surface area contributed by atoms with E-state index < -0.39 is 30.1 Å². The van der Waals surface area contributed by atoms with Gasteiger partial charge in [0.25, 0.3) is 0 Å². The number of fused-ring (bicyclic) bond motifs is 1. The average Bonchev–Trinajstić information content (AvgIpc) is 3.32. The van der Waals surface area contributed by atoms with Crippen molar-refractivity contribution < 1.29 is 33.5 Å². The number of benzene rings is 1. The molecule has 1 aliphatic carbocycles. The van der Waals surface area contributed by atoms with Gasteiger partial charge in [-0.25, -0.2) is 0 Å². The standard InChI is InChI=1S/C24H33O7/c1-23(2)27-13-19(30-23)20-15(11-18-21(20)31-24(3,4)29-18)10-17-16(25)12-26-22(28-17)14-8-6-5-7-9-14/h5-9,15-22H,10-13H2,1-4H3/q-1/t15-,16-,17+,18+,19-,20-,21+,22?/m0/s1. The van der Waals surface area contributed by atoms with Gasteiger partial charge in [0.2, 0.25) is 0 Å². The van der Waals surface area contributed by atoms with Gasteiger partial charge in [0, 0.05) is 18.1 Å². The van der Waals surface area contributed by atoms with Crippen molar-refractivity contribution in [2.45, 2.75) is 88.9 Å². The smallest absolute Gasteiger partial charge is 0.184 e. The minimum Gasteiger partial charge on any atom is -0.848 e. The molecule has 0 N–H and O–H groups in total. The van der Waals surface area contributed by atoms with E-state index in [0.29, 0.717) is 13.0 Å². The Bertz CT molecular complexity index is 766. The summed E-state index contributed by atoms with van der Waals surface area (Å²) in [5.41, 5.74) is 0.932. The molecule has 31 heavy (non-hydrogen) atoms. The van der Waals surface area contributed by atoms with E-state index in [9.17, 15) is 5.11 Å². The first kappa shape index (κ1) is 21.8. The van der Waals surface area contributed by atoms with E-state index in [2.05, 4.69) is 0 Å². The van der Waals surface area contributed by atoms with Crippen molar-refractivity contribution in [1.29, 1.82) is 0 Å². The summed E-state index contributed by atoms with van der Waals surface area (Å²) in [6, 6.07) is 9.78. The Morgan fingerprint density at radius 1 is 0.935 bits per heavy atom. The summed E-state index contributed by atoms with van der Waals surface area (Å²) in [6.45, 7) is 8.43. The minimum atomic E-state index is -0.920. The Morgan fingerprint density at radius 2 is 1.68 bits per heavy atom. The van der Waals surface area contributed by atoms with Gasteiger partial charge in [0.15, 0.2) is 17.9 Å². The number of hydrogen-bond acceptors (Lipinski definition) is 7. The summed E-state index contributed by atoms with van der Waals surface area (Å²) in [4.78, 5) is 0. The molecule has 0 bridgehead atoms. The molecule has 1 aromatic rings. The molecule has 3 saturated heterocycles. The van der Waals surface area contributed by atoms with E-state index in [1.807, 2.05) is 58.0 Å². The Hall–Kier alpha value is -1.06. The summed E-state index contributed by atoms with van der Waals surface area (Å²) in [6.07, 6.45) is -0.585. The third kappa shape index (κ3) is 4.42. The van der Waals surface area contributed by atoms with Crippen LogP contribution >= 0.6 is 0 Å². The fourth-order valence-electron chi connectivity index (χ4n) is 5.63. The maximum absolute atomic E-state index is 12.8. The second-order valence-corrected chi connectivity index (χ2v) is 10.1. The fraction of sp³-hybridized carbons (Fsp3) is 0.750. The highest BCUT2D eigenvalue weighted by atomic mass is 16.8. The Morgan fingerprint density at radius 3 is 2.39 bits per heavy atom. The van der Waals surface area contributed by atoms with Crippen LogP contribution in [0.3, 0.4) is 0 Å². The first-order valence-corrected chi connectivity index (χ1v) is 11.4. The largest absolute Gasteiger partial charge is 0.848 e. The molecule has 7 nitrogen and oxygen atoms in total. The summed E-state index contributed by atoms with van der Waals surface area (Å²) in [5.74, 6) is -0.953. The van der Waals surface area contributed by atoms with E-state index in [4.69, 9.17) is 28.4 Å². The molecule has 3 aliphatic heterocycles. The van der Waals surface area contributed by atoms with Gasteiger partial charge in [-0.1, -0.05) is 36.4 Å². The van der Waals surface area contributed by atoms with Crippen LogP contribution in [-0.2, 0) is 28.4 Å². The molecule has 8 atom stereocenters. The van der Waals surface area contributed by atoms with Gasteiger partial charge in [-0.05, 0) is 46.5 Å². The highest BCUT2D eigenvalue weighted by Crippen LogP contribution is 2.50. The van der Waals surface area contributed by atoms with Crippen molar-refractivity contribution in [3.05, 3.63) is 35.9 Å². The molecule has 3 heterocycles. The lowest BCUT2D eigenvalue weighted by molar-refractivity contribution is -0.475. The quantitative estimate of drug-likeness (QED) is 0.722. The van der Waals surface area contributed by atoms with E-state index in [1.165, 1.54) is 0 Å². The van der Waals surface area contributed by atoms with Crippen molar-refractivity contribution in [2.24, 2.45) is 11.8 Å². The summed E-state index contributed by atoms with van der Waals surface area (Å²) >= 11 is 0. The summed E-state index contributed by atoms with van der Waals surface area (Å²) in [7, 11) is 0. The first-order chi connectivity index (χ1) is 14.7. The third-order valence-electron chi connectivity index (χ3n) is 6.87. The lowest BCUT2D eigenvalue weighted by Crippen LogP contribution is -2.50. The third-order valence-corrected chi connectivity index (χ3v) is 6.87. The van der Waals surface area contributed by atoms with Crippen LogP contribution in [0.15, 0.2) is 30.3 Å². The van der Waals surface area contributed by atoms with Crippen LogP contribution in [0.4, 0.5) is 0 Å². The van der Waals surface area contributed by atoms with Crippen LogP contribution in [0.1, 0.15) is 52.4 Å². The highest BCUT2D eigenvalue weighted by molar-refractivity contribution is 5.16. The molecular weight excluding hydrogens is 400 g/mol. The zero-order valence-corrected chi connectivity index (χ0v) is 18.7. The molecule has 0 radical (unpaired) electrons. The molecule has 0 spiro atoms. The van der Waals surface area contributed by atoms with Gasteiger partial charge in [0.05, 0.1) is 31.0 Å². The van der Waals surface area contributed by atoms with Crippen molar-refractivity contribution in [2.75, 3.05) is 13.2 Å². The molecule has 1 unspecified atom stereocenters. The number of ether oxygens (including phenoxy) is 6. The predicted octanol–water partition coefficient (Wildman–Crippen LogP) is 2.53. The molecular formula is C24H33O7-. The van der Waals surface area contributed by atoms with Gasteiger partial charge >= 0.3 is 0 Å². The normalized spacial score (nSPS) is 43.8. The maximum Gasteiger partial charge on any atom is 0.184 e. The van der Waals surface area contributed by atoms with Crippen molar-refractivity contribution >= 4 is 0 Å². The van der Waals surface area contributed by atoms with Crippen molar-refractivity contribution in [3.63, 3.8) is 0 Å². The molecule has 1 saturated carbocycles. The molecule has 172 valence electrons. The van der Waals surface area contributed by atoms with Crippen LogP contribution in [0.5, 0.6) is 0 Å². The van der Waals surface area contributed by atoms with E-state index >= 15 is 0 Å². The van der Waals surface area contributed by atoms with Crippen molar-refractivity contribution in [1.82, 2.24) is 0 Å². The van der Waals surface area contributed by atoms with Crippen LogP contribution in [0.25, 0.3) is 0 Å². The fourth-order valence-corrected chi connectivity index (χ4v) is 5.63. The Kier molecular flexibility index (Phi) is 5.66. The van der Waals surface area contributed by atoms with Crippen LogP contribution in [-0.4, -0.2) is 55.3 Å². The molecule has 5 rings (SSSR count). The first-order valence-electron chi connectivity index (χ1n) is 11.4. The second-order valence-electron chi connectivity index (χ2n) is 10.1. The van der Waals surface area contributed by atoms with Gasteiger partial charge in [-0.15, -0.1) is 0 Å². The minimum absolute atomic E-state index is 0.00725. The Balaban J connectivity index is 1.33. The zero-order chi connectivity index (χ0) is 21.8. The van der Waals surface area contributed by atoms with Crippen LogP contribution in [0, 0.1) is 11.8 Å². The molecule has 4 aliphatic rings. The lowest BCUT2D eigenvalue weighted by Gasteiger charge is -2.42. The average molecular weight is 434 g/mol. The predicted molar refractivity (Wildman–Crippen MR) is 109 cm³/mol. The topological polar surface area (TPSA) is 78.4 Å². The molecule has 1 aromatic carbocycles. The van der Waals surface area contributed by atoms with Gasteiger partial charge in [-0.2, -0.15) is 0 Å². The van der Waals surface area contributed by atoms with Gasteiger partial charge in [-0.3, -0.25) is 0 Å². The van der Waals surface area contributed by atoms with Crippen LogP contribution < -0.4 is 5.11 Å². The molecule has 7 heteroatoms. The molecule has 0 amide bonds. The number of rotatable bonds is 4.